The Kier molecular flexibility index (Phi) is 48.0. The van der Waals surface area contributed by atoms with Gasteiger partial charge in [-0.2, -0.15) is 0 Å². The molecule has 0 saturated heterocycles. The third kappa shape index (κ3) is 43.5. The number of carbonyl (C=O) groups excluding carboxylic acids is 2. The Morgan fingerprint density at radius 1 is 0.417 bits per heavy atom. The highest BCUT2D eigenvalue weighted by molar-refractivity contribution is 5.77. The number of rotatable bonds is 50. The molecule has 6 nitrogen and oxygen atoms in total. The highest BCUT2D eigenvalue weighted by atomic mass is 16.5. The standard InChI is InChI=1S/C54H107NO5/c1-4-7-10-13-16-19-22-24-26-27-28-29-31-33-36-39-42-45-50(60-54(59)47-44-41-38-35-32-30-25-23-20-17-14-11-8-5-2)48-53(58)55-51(49-56)52(57)46-43-40-37-34-21-18-15-12-9-6-3/h50-52,56-57H,4-49H2,1-3H3,(H,55,58). The second-order valence-corrected chi connectivity index (χ2v) is 19.0. The predicted octanol–water partition coefficient (Wildman–Crippen LogP) is 16.4. The van der Waals surface area contributed by atoms with Gasteiger partial charge in [0.05, 0.1) is 25.2 Å². The number of hydrogen-bond acceptors (Lipinski definition) is 5. The molecule has 0 aliphatic heterocycles. The molecule has 1 amide bonds. The van der Waals surface area contributed by atoms with E-state index in [-0.39, 0.29) is 24.9 Å². The maximum absolute atomic E-state index is 13.2. The minimum Gasteiger partial charge on any atom is -0.462 e. The molecule has 0 bridgehead atoms. The molecule has 0 aliphatic rings. The maximum Gasteiger partial charge on any atom is 0.306 e. The summed E-state index contributed by atoms with van der Waals surface area (Å²) in [5.74, 6) is -0.448. The number of aliphatic hydroxyl groups is 2. The van der Waals surface area contributed by atoms with E-state index in [1.54, 1.807) is 0 Å². The first-order chi connectivity index (χ1) is 29.5. The minimum absolute atomic E-state index is 0.0881. The van der Waals surface area contributed by atoms with Crippen molar-refractivity contribution in [2.45, 2.75) is 328 Å². The summed E-state index contributed by atoms with van der Waals surface area (Å²) in [5.41, 5.74) is 0. The van der Waals surface area contributed by atoms with Crippen molar-refractivity contribution in [3.63, 3.8) is 0 Å². The van der Waals surface area contributed by atoms with Crippen LogP contribution in [0, 0.1) is 0 Å². The van der Waals surface area contributed by atoms with E-state index in [1.165, 1.54) is 225 Å². The monoisotopic (exact) mass is 850 g/mol. The quantitative estimate of drug-likeness (QED) is 0.0419. The molecule has 3 atom stereocenters. The second kappa shape index (κ2) is 48.9. The number of carbonyl (C=O) groups is 2. The van der Waals surface area contributed by atoms with Crippen LogP contribution in [-0.2, 0) is 14.3 Å². The van der Waals surface area contributed by atoms with Gasteiger partial charge < -0.3 is 20.3 Å². The van der Waals surface area contributed by atoms with Gasteiger partial charge >= 0.3 is 5.97 Å². The van der Waals surface area contributed by atoms with Gasteiger partial charge in [-0.3, -0.25) is 9.59 Å². The lowest BCUT2D eigenvalue weighted by Crippen LogP contribution is -2.46. The van der Waals surface area contributed by atoms with E-state index >= 15 is 0 Å². The predicted molar refractivity (Wildman–Crippen MR) is 260 cm³/mol. The van der Waals surface area contributed by atoms with E-state index in [2.05, 4.69) is 26.1 Å². The largest absolute Gasteiger partial charge is 0.462 e. The van der Waals surface area contributed by atoms with Crippen LogP contribution in [0.1, 0.15) is 310 Å². The molecule has 0 radical (unpaired) electrons. The third-order valence-corrected chi connectivity index (χ3v) is 12.9. The van der Waals surface area contributed by atoms with Gasteiger partial charge in [-0.15, -0.1) is 0 Å². The normalized spacial score (nSPS) is 13.1. The summed E-state index contributed by atoms with van der Waals surface area (Å²) in [4.78, 5) is 26.2. The highest BCUT2D eigenvalue weighted by Gasteiger charge is 2.24. The number of nitrogens with one attached hydrogen (secondary N) is 1. The van der Waals surface area contributed by atoms with E-state index in [1.807, 2.05) is 0 Å². The van der Waals surface area contributed by atoms with Crippen LogP contribution in [-0.4, -0.2) is 46.9 Å². The van der Waals surface area contributed by atoms with Gasteiger partial charge in [0.15, 0.2) is 0 Å². The zero-order valence-electron chi connectivity index (χ0n) is 40.9. The average Bonchev–Trinajstić information content (AvgIpc) is 3.24. The fraction of sp³-hybridized carbons (Fsp3) is 0.963. The molecular weight excluding hydrogens is 743 g/mol. The molecule has 0 saturated carbocycles. The van der Waals surface area contributed by atoms with Crippen molar-refractivity contribution < 1.29 is 24.5 Å². The van der Waals surface area contributed by atoms with Crippen molar-refractivity contribution in [3.8, 4) is 0 Å². The molecule has 0 aromatic carbocycles. The molecule has 60 heavy (non-hydrogen) atoms. The number of aliphatic hydroxyl groups excluding tert-OH is 2. The maximum atomic E-state index is 13.2. The van der Waals surface area contributed by atoms with Crippen LogP contribution < -0.4 is 5.32 Å². The van der Waals surface area contributed by atoms with E-state index in [0.717, 1.165) is 38.5 Å². The number of hydrogen-bond donors (Lipinski definition) is 3. The van der Waals surface area contributed by atoms with Crippen molar-refractivity contribution >= 4 is 11.9 Å². The molecule has 0 aromatic heterocycles. The molecule has 358 valence electrons. The molecule has 0 rings (SSSR count). The lowest BCUT2D eigenvalue weighted by atomic mass is 10.0. The summed E-state index contributed by atoms with van der Waals surface area (Å²) in [5, 5.41) is 23.8. The first-order valence-corrected chi connectivity index (χ1v) is 27.3. The Labute approximate surface area is 375 Å². The fourth-order valence-corrected chi connectivity index (χ4v) is 8.79. The SMILES string of the molecule is CCCCCCCCCCCCCCCCCCCC(CC(=O)NC(CO)C(O)CCCCCCCCCCCC)OC(=O)CCCCCCCCCCCCCCCC. The third-order valence-electron chi connectivity index (χ3n) is 12.9. The van der Waals surface area contributed by atoms with E-state index in [9.17, 15) is 19.8 Å². The van der Waals surface area contributed by atoms with Gasteiger partial charge in [-0.1, -0.05) is 271 Å². The van der Waals surface area contributed by atoms with Gasteiger partial charge in [0.25, 0.3) is 0 Å². The van der Waals surface area contributed by atoms with E-state index < -0.39 is 18.2 Å². The molecule has 0 fully saturated rings. The zero-order chi connectivity index (χ0) is 43.8. The number of amides is 1. The molecule has 0 aliphatic carbocycles. The second-order valence-electron chi connectivity index (χ2n) is 19.0. The highest BCUT2D eigenvalue weighted by Crippen LogP contribution is 2.19. The molecule has 3 unspecified atom stereocenters. The molecule has 6 heteroatoms. The van der Waals surface area contributed by atoms with Crippen LogP contribution in [0.2, 0.25) is 0 Å². The van der Waals surface area contributed by atoms with E-state index in [0.29, 0.717) is 19.3 Å². The number of unbranched alkanes of at least 4 members (excludes halogenated alkanes) is 38. The Balaban J connectivity index is 4.50. The van der Waals surface area contributed by atoms with Crippen molar-refractivity contribution in [3.05, 3.63) is 0 Å². The zero-order valence-corrected chi connectivity index (χ0v) is 40.9. The molecule has 0 spiro atoms. The molecular formula is C54H107NO5. The fourth-order valence-electron chi connectivity index (χ4n) is 8.79. The first-order valence-electron chi connectivity index (χ1n) is 27.3. The summed E-state index contributed by atoms with van der Waals surface area (Å²) in [6.45, 7) is 6.51. The molecule has 0 heterocycles. The lowest BCUT2D eigenvalue weighted by Gasteiger charge is -2.24. The summed E-state index contributed by atoms with van der Waals surface area (Å²) < 4.78 is 5.95. The Hall–Kier alpha value is -1.14. The van der Waals surface area contributed by atoms with Crippen LogP contribution in [0.25, 0.3) is 0 Å². The number of esters is 1. The Morgan fingerprint density at radius 2 is 0.700 bits per heavy atom. The molecule has 3 N–H and O–H groups in total. The lowest BCUT2D eigenvalue weighted by molar-refractivity contribution is -0.151. The summed E-state index contributed by atoms with van der Waals surface area (Å²) in [6, 6.07) is -0.691. The molecule has 0 aromatic rings. The van der Waals surface area contributed by atoms with Crippen molar-refractivity contribution in [2.75, 3.05) is 6.61 Å². The summed E-state index contributed by atoms with van der Waals surface area (Å²) in [6.07, 6.45) is 53.1. The van der Waals surface area contributed by atoms with Gasteiger partial charge in [-0.25, -0.2) is 0 Å². The van der Waals surface area contributed by atoms with Crippen LogP contribution in [0.3, 0.4) is 0 Å². The van der Waals surface area contributed by atoms with Gasteiger partial charge in [-0.05, 0) is 25.7 Å². The van der Waals surface area contributed by atoms with Crippen LogP contribution in [0.4, 0.5) is 0 Å². The van der Waals surface area contributed by atoms with E-state index in [4.69, 9.17) is 4.74 Å². The summed E-state index contributed by atoms with van der Waals surface area (Å²) >= 11 is 0. The Bertz CT molecular complexity index is 867. The van der Waals surface area contributed by atoms with Gasteiger partial charge in [0.1, 0.15) is 6.10 Å². The minimum atomic E-state index is -0.778. The van der Waals surface area contributed by atoms with Crippen LogP contribution in [0.5, 0.6) is 0 Å². The van der Waals surface area contributed by atoms with Crippen molar-refractivity contribution in [1.82, 2.24) is 5.32 Å². The van der Waals surface area contributed by atoms with Crippen molar-refractivity contribution in [1.29, 1.82) is 0 Å². The van der Waals surface area contributed by atoms with Crippen LogP contribution >= 0.6 is 0 Å². The Morgan fingerprint density at radius 3 is 1.02 bits per heavy atom. The van der Waals surface area contributed by atoms with Crippen molar-refractivity contribution in [2.24, 2.45) is 0 Å². The smallest absolute Gasteiger partial charge is 0.306 e. The van der Waals surface area contributed by atoms with Crippen LogP contribution in [0.15, 0.2) is 0 Å². The van der Waals surface area contributed by atoms with Gasteiger partial charge in [0.2, 0.25) is 5.91 Å². The number of ether oxygens (including phenoxy) is 1. The average molecular weight is 850 g/mol. The first kappa shape index (κ1) is 58.9. The van der Waals surface area contributed by atoms with Gasteiger partial charge in [0, 0.05) is 6.42 Å². The topological polar surface area (TPSA) is 95.9 Å². The summed E-state index contributed by atoms with van der Waals surface area (Å²) in [7, 11) is 0.